The Hall–Kier alpha value is -2.17. The molecule has 0 bridgehead atoms. The van der Waals surface area contributed by atoms with Crippen molar-refractivity contribution in [3.05, 3.63) is 71.8 Å². The van der Waals surface area contributed by atoms with Crippen LogP contribution in [-0.4, -0.2) is 36.8 Å². The normalized spacial score (nSPS) is 22.9. The molecule has 0 radical (unpaired) electrons. The molecule has 0 N–H and O–H groups in total. The standard InChI is InChI=1S/C22H25NO3/c24-21-22(18-10-4-1-5-11-18,19-12-6-2-7-13-19)26-20(25-21)14-17-23-15-8-3-9-16-23/h1-2,4-7,10-13,20H,3,8-9,14-17H2/t20-/m0/s1. The number of likely N-dealkylation sites (tertiary alicyclic amines) is 1. The zero-order chi connectivity index (χ0) is 17.8. The third-order valence-electron chi connectivity index (χ3n) is 5.32. The molecule has 0 saturated carbocycles. The number of nitrogens with zero attached hydrogens (tertiary/aromatic N) is 1. The molecule has 2 aromatic rings. The van der Waals surface area contributed by atoms with Crippen LogP contribution in [0.1, 0.15) is 36.8 Å². The highest BCUT2D eigenvalue weighted by molar-refractivity contribution is 5.87. The molecule has 0 aromatic heterocycles. The Labute approximate surface area is 154 Å². The fourth-order valence-corrected chi connectivity index (χ4v) is 3.94. The highest BCUT2D eigenvalue weighted by atomic mass is 16.8. The molecule has 2 saturated heterocycles. The van der Waals surface area contributed by atoms with Crippen LogP contribution in [0.3, 0.4) is 0 Å². The average molecular weight is 351 g/mol. The van der Waals surface area contributed by atoms with E-state index < -0.39 is 11.9 Å². The Morgan fingerprint density at radius 3 is 2.04 bits per heavy atom. The summed E-state index contributed by atoms with van der Waals surface area (Å²) in [4.78, 5) is 15.4. The summed E-state index contributed by atoms with van der Waals surface area (Å²) >= 11 is 0. The van der Waals surface area contributed by atoms with Crippen molar-refractivity contribution < 1.29 is 14.3 Å². The molecular weight excluding hydrogens is 326 g/mol. The second kappa shape index (κ2) is 7.60. The van der Waals surface area contributed by atoms with Crippen molar-refractivity contribution >= 4 is 5.97 Å². The van der Waals surface area contributed by atoms with Crippen LogP contribution in [0.5, 0.6) is 0 Å². The van der Waals surface area contributed by atoms with Gasteiger partial charge in [0.2, 0.25) is 11.9 Å². The van der Waals surface area contributed by atoms with Gasteiger partial charge < -0.3 is 14.4 Å². The van der Waals surface area contributed by atoms with Gasteiger partial charge in [-0.15, -0.1) is 0 Å². The fourth-order valence-electron chi connectivity index (χ4n) is 3.94. The molecular formula is C22H25NO3. The monoisotopic (exact) mass is 351 g/mol. The summed E-state index contributed by atoms with van der Waals surface area (Å²) < 4.78 is 12.0. The molecule has 2 aromatic carbocycles. The molecule has 136 valence electrons. The predicted molar refractivity (Wildman–Crippen MR) is 99.5 cm³/mol. The number of hydrogen-bond donors (Lipinski definition) is 0. The molecule has 26 heavy (non-hydrogen) atoms. The zero-order valence-corrected chi connectivity index (χ0v) is 15.0. The lowest BCUT2D eigenvalue weighted by Crippen LogP contribution is -2.35. The Kier molecular flexibility index (Phi) is 5.05. The lowest BCUT2D eigenvalue weighted by Gasteiger charge is -2.28. The molecule has 4 nitrogen and oxygen atoms in total. The number of cyclic esters (lactones) is 1. The molecule has 0 unspecified atom stereocenters. The summed E-state index contributed by atoms with van der Waals surface area (Å²) in [6, 6.07) is 19.3. The number of ether oxygens (including phenoxy) is 2. The van der Waals surface area contributed by atoms with E-state index in [1.165, 1.54) is 19.3 Å². The van der Waals surface area contributed by atoms with Gasteiger partial charge in [0.25, 0.3) is 0 Å². The smallest absolute Gasteiger partial charge is 0.350 e. The maximum absolute atomic E-state index is 13.0. The SMILES string of the molecule is O=C1O[C@H](CCN2CCCCC2)OC1(c1ccccc1)c1ccccc1. The topological polar surface area (TPSA) is 38.8 Å². The lowest BCUT2D eigenvalue weighted by atomic mass is 9.86. The minimum atomic E-state index is -1.17. The highest BCUT2D eigenvalue weighted by Gasteiger charge is 2.53. The number of carbonyl (C=O) groups is 1. The maximum Gasteiger partial charge on any atom is 0.350 e. The van der Waals surface area contributed by atoms with E-state index in [0.29, 0.717) is 6.42 Å². The Balaban J connectivity index is 1.57. The number of esters is 1. The van der Waals surface area contributed by atoms with E-state index in [4.69, 9.17) is 9.47 Å². The Bertz CT molecular complexity index is 686. The number of rotatable bonds is 5. The van der Waals surface area contributed by atoms with Gasteiger partial charge in [-0.05, 0) is 37.1 Å². The third-order valence-corrected chi connectivity index (χ3v) is 5.32. The van der Waals surface area contributed by atoms with E-state index in [1.807, 2.05) is 60.7 Å². The summed E-state index contributed by atoms with van der Waals surface area (Å²) in [5.41, 5.74) is 0.461. The van der Waals surface area contributed by atoms with Crippen LogP contribution >= 0.6 is 0 Å². The Morgan fingerprint density at radius 2 is 1.46 bits per heavy atom. The van der Waals surface area contributed by atoms with Crippen molar-refractivity contribution in [3.63, 3.8) is 0 Å². The summed E-state index contributed by atoms with van der Waals surface area (Å²) in [5, 5.41) is 0. The number of carbonyl (C=O) groups excluding carboxylic acids is 1. The zero-order valence-electron chi connectivity index (χ0n) is 15.0. The van der Waals surface area contributed by atoms with Crippen LogP contribution in [0.25, 0.3) is 0 Å². The van der Waals surface area contributed by atoms with Gasteiger partial charge in [0.05, 0.1) is 0 Å². The first kappa shape index (κ1) is 17.3. The van der Waals surface area contributed by atoms with Gasteiger partial charge in [-0.2, -0.15) is 0 Å². The van der Waals surface area contributed by atoms with Crippen LogP contribution < -0.4 is 0 Å². The quantitative estimate of drug-likeness (QED) is 0.770. The van der Waals surface area contributed by atoms with Crippen LogP contribution in [0.4, 0.5) is 0 Å². The van der Waals surface area contributed by atoms with E-state index in [0.717, 1.165) is 30.8 Å². The first-order valence-electron chi connectivity index (χ1n) is 9.51. The molecule has 2 heterocycles. The third kappa shape index (κ3) is 3.27. The van der Waals surface area contributed by atoms with E-state index in [1.54, 1.807) is 0 Å². The molecule has 2 fully saturated rings. The van der Waals surface area contributed by atoms with Gasteiger partial charge in [-0.25, -0.2) is 4.79 Å². The van der Waals surface area contributed by atoms with Gasteiger partial charge in [0.1, 0.15) is 0 Å². The van der Waals surface area contributed by atoms with Gasteiger partial charge in [0.15, 0.2) is 0 Å². The molecule has 2 aliphatic heterocycles. The van der Waals surface area contributed by atoms with E-state index in [9.17, 15) is 4.79 Å². The second-order valence-corrected chi connectivity index (χ2v) is 7.06. The first-order chi connectivity index (χ1) is 12.8. The van der Waals surface area contributed by atoms with Crippen molar-refractivity contribution in [1.29, 1.82) is 0 Å². The minimum Gasteiger partial charge on any atom is -0.433 e. The summed E-state index contributed by atoms with van der Waals surface area (Å²) in [5.74, 6) is -0.321. The molecule has 4 heteroatoms. The highest BCUT2D eigenvalue weighted by Crippen LogP contribution is 2.41. The van der Waals surface area contributed by atoms with Gasteiger partial charge in [-0.1, -0.05) is 67.1 Å². The van der Waals surface area contributed by atoms with E-state index in [-0.39, 0.29) is 5.97 Å². The maximum atomic E-state index is 13.0. The molecule has 0 amide bonds. The van der Waals surface area contributed by atoms with Crippen molar-refractivity contribution in [2.75, 3.05) is 19.6 Å². The fraction of sp³-hybridized carbons (Fsp3) is 0.409. The van der Waals surface area contributed by atoms with Crippen LogP contribution in [0.2, 0.25) is 0 Å². The van der Waals surface area contributed by atoms with Crippen molar-refractivity contribution in [3.8, 4) is 0 Å². The number of benzene rings is 2. The van der Waals surface area contributed by atoms with Crippen LogP contribution in [-0.2, 0) is 19.9 Å². The average Bonchev–Trinajstić information content (AvgIpc) is 3.06. The molecule has 0 spiro atoms. The molecule has 2 aliphatic rings. The number of piperidine rings is 1. The Morgan fingerprint density at radius 1 is 0.885 bits per heavy atom. The summed E-state index contributed by atoms with van der Waals surface area (Å²) in [6.45, 7) is 3.16. The second-order valence-electron chi connectivity index (χ2n) is 7.06. The van der Waals surface area contributed by atoms with Crippen LogP contribution in [0, 0.1) is 0 Å². The minimum absolute atomic E-state index is 0.321. The van der Waals surface area contributed by atoms with Crippen molar-refractivity contribution in [2.24, 2.45) is 0 Å². The van der Waals surface area contributed by atoms with E-state index in [2.05, 4.69) is 4.90 Å². The largest absolute Gasteiger partial charge is 0.433 e. The lowest BCUT2D eigenvalue weighted by molar-refractivity contribution is -0.145. The molecule has 1 atom stereocenters. The van der Waals surface area contributed by atoms with Gasteiger partial charge in [0, 0.05) is 13.0 Å². The first-order valence-corrected chi connectivity index (χ1v) is 9.51. The summed E-state index contributed by atoms with van der Waals surface area (Å²) in [6.07, 6.45) is 4.01. The molecule has 4 rings (SSSR count). The predicted octanol–water partition coefficient (Wildman–Crippen LogP) is 3.71. The van der Waals surface area contributed by atoms with Crippen molar-refractivity contribution in [2.45, 2.75) is 37.6 Å². The summed E-state index contributed by atoms with van der Waals surface area (Å²) in [7, 11) is 0. The van der Waals surface area contributed by atoms with Crippen LogP contribution in [0.15, 0.2) is 60.7 Å². The van der Waals surface area contributed by atoms with Gasteiger partial charge >= 0.3 is 5.97 Å². The molecule has 0 aliphatic carbocycles. The van der Waals surface area contributed by atoms with Gasteiger partial charge in [-0.3, -0.25) is 0 Å². The number of hydrogen-bond acceptors (Lipinski definition) is 4. The van der Waals surface area contributed by atoms with Crippen molar-refractivity contribution in [1.82, 2.24) is 4.90 Å². The van der Waals surface area contributed by atoms with E-state index >= 15 is 0 Å².